The van der Waals surface area contributed by atoms with Crippen LogP contribution in [0.2, 0.25) is 0 Å². The molecule has 1 aliphatic rings. The Morgan fingerprint density at radius 1 is 0.844 bits per heavy atom. The molecule has 226 valence electrons. The lowest BCUT2D eigenvalue weighted by Crippen LogP contribution is -2.49. The molecule has 1 aliphatic heterocycles. The quantitative estimate of drug-likeness (QED) is 0.286. The molecule has 1 fully saturated rings. The predicted octanol–water partition coefficient (Wildman–Crippen LogP) is 3.07. The minimum Gasteiger partial charge on any atom is -0.478 e. The SMILES string of the molecule is Cc1nc(N2CCN(C(=O)c3cccnc3)CC2)nc2c1ccc(=O)n2-c1ccc(C(=O)NCc2ccc(C(=O)O)cc2)cc1. The maximum atomic E-state index is 13.2. The van der Waals surface area contributed by atoms with E-state index in [1.165, 1.54) is 22.8 Å². The highest BCUT2D eigenvalue weighted by atomic mass is 16.4. The second-order valence-electron chi connectivity index (χ2n) is 10.6. The Balaban J connectivity index is 1.20. The normalized spacial score (nSPS) is 13.1. The van der Waals surface area contributed by atoms with E-state index >= 15 is 0 Å². The summed E-state index contributed by atoms with van der Waals surface area (Å²) >= 11 is 0. The van der Waals surface area contributed by atoms with Gasteiger partial charge in [0.25, 0.3) is 17.4 Å². The first-order valence-corrected chi connectivity index (χ1v) is 14.3. The summed E-state index contributed by atoms with van der Waals surface area (Å²) in [5.74, 6) is -0.920. The molecule has 0 bridgehead atoms. The number of rotatable bonds is 7. The number of fused-ring (bicyclic) bond motifs is 1. The monoisotopic (exact) mass is 603 g/mol. The zero-order valence-corrected chi connectivity index (χ0v) is 24.4. The number of carbonyl (C=O) groups is 3. The van der Waals surface area contributed by atoms with E-state index in [0.717, 1.165) is 10.9 Å². The van der Waals surface area contributed by atoms with Crippen LogP contribution in [0.1, 0.15) is 42.3 Å². The van der Waals surface area contributed by atoms with E-state index in [9.17, 15) is 19.2 Å². The van der Waals surface area contributed by atoms with E-state index in [2.05, 4.69) is 10.3 Å². The fourth-order valence-corrected chi connectivity index (χ4v) is 5.23. The molecule has 0 atom stereocenters. The number of amides is 2. The molecule has 0 saturated carbocycles. The highest BCUT2D eigenvalue weighted by Crippen LogP contribution is 2.22. The number of nitrogens with zero attached hydrogens (tertiary/aromatic N) is 6. The summed E-state index contributed by atoms with van der Waals surface area (Å²) in [6.45, 7) is 4.14. The van der Waals surface area contributed by atoms with Gasteiger partial charge in [0.2, 0.25) is 5.95 Å². The molecule has 0 spiro atoms. The molecular formula is C33H29N7O5. The highest BCUT2D eigenvalue weighted by molar-refractivity contribution is 5.95. The van der Waals surface area contributed by atoms with Gasteiger partial charge in [0.1, 0.15) is 0 Å². The van der Waals surface area contributed by atoms with Crippen LogP contribution in [0.4, 0.5) is 5.95 Å². The predicted molar refractivity (Wildman–Crippen MR) is 167 cm³/mol. The second kappa shape index (κ2) is 12.4. The van der Waals surface area contributed by atoms with Crippen LogP contribution >= 0.6 is 0 Å². The van der Waals surface area contributed by atoms with E-state index in [-0.39, 0.29) is 29.5 Å². The molecule has 45 heavy (non-hydrogen) atoms. The van der Waals surface area contributed by atoms with Crippen LogP contribution in [0.5, 0.6) is 0 Å². The van der Waals surface area contributed by atoms with E-state index in [1.54, 1.807) is 71.9 Å². The van der Waals surface area contributed by atoms with Crippen LogP contribution in [0.15, 0.2) is 90.0 Å². The molecule has 0 aliphatic carbocycles. The van der Waals surface area contributed by atoms with Gasteiger partial charge in [0, 0.05) is 62.1 Å². The zero-order chi connectivity index (χ0) is 31.5. The molecule has 3 aromatic heterocycles. The molecule has 2 aromatic carbocycles. The van der Waals surface area contributed by atoms with Gasteiger partial charge in [-0.05, 0) is 67.1 Å². The summed E-state index contributed by atoms with van der Waals surface area (Å²) in [4.78, 5) is 67.2. The first-order valence-electron chi connectivity index (χ1n) is 14.3. The number of pyridine rings is 2. The molecule has 2 amide bonds. The Morgan fingerprint density at radius 3 is 2.22 bits per heavy atom. The molecule has 6 rings (SSSR count). The Hall–Kier alpha value is -5.91. The van der Waals surface area contributed by atoms with Crippen molar-refractivity contribution in [2.75, 3.05) is 31.1 Å². The van der Waals surface area contributed by atoms with Crippen molar-refractivity contribution < 1.29 is 19.5 Å². The van der Waals surface area contributed by atoms with Gasteiger partial charge >= 0.3 is 5.97 Å². The summed E-state index contributed by atoms with van der Waals surface area (Å²) in [7, 11) is 0. The molecule has 4 heterocycles. The third-order valence-electron chi connectivity index (χ3n) is 7.73. The summed E-state index contributed by atoms with van der Waals surface area (Å²) in [6.07, 6.45) is 3.20. The number of hydrogen-bond acceptors (Lipinski definition) is 8. The maximum Gasteiger partial charge on any atom is 0.335 e. The van der Waals surface area contributed by atoms with Crippen molar-refractivity contribution in [3.63, 3.8) is 0 Å². The van der Waals surface area contributed by atoms with Crippen molar-refractivity contribution in [1.29, 1.82) is 0 Å². The number of anilines is 1. The highest BCUT2D eigenvalue weighted by Gasteiger charge is 2.25. The van der Waals surface area contributed by atoms with Crippen LogP contribution in [0.25, 0.3) is 16.7 Å². The number of carboxylic acid groups (broad SMARTS) is 1. The van der Waals surface area contributed by atoms with Crippen molar-refractivity contribution >= 4 is 34.8 Å². The van der Waals surface area contributed by atoms with Crippen LogP contribution in [0.3, 0.4) is 0 Å². The van der Waals surface area contributed by atoms with Crippen molar-refractivity contribution in [1.82, 2.24) is 29.7 Å². The van der Waals surface area contributed by atoms with Gasteiger partial charge in [-0.3, -0.25) is 23.9 Å². The Bertz CT molecular complexity index is 1950. The summed E-state index contributed by atoms with van der Waals surface area (Å²) in [5.41, 5.74) is 3.31. The number of nitrogens with one attached hydrogen (secondary N) is 1. The first kappa shape index (κ1) is 29.2. The van der Waals surface area contributed by atoms with E-state index in [0.29, 0.717) is 60.3 Å². The lowest BCUT2D eigenvalue weighted by atomic mass is 10.1. The number of aromatic nitrogens is 4. The molecule has 0 radical (unpaired) electrons. The van der Waals surface area contributed by atoms with Gasteiger partial charge in [0.15, 0.2) is 5.65 Å². The van der Waals surface area contributed by atoms with Crippen LogP contribution in [0, 0.1) is 6.92 Å². The lowest BCUT2D eigenvalue weighted by Gasteiger charge is -2.35. The van der Waals surface area contributed by atoms with Gasteiger partial charge < -0.3 is 20.2 Å². The topological polar surface area (TPSA) is 151 Å². The van der Waals surface area contributed by atoms with Gasteiger partial charge in [-0.2, -0.15) is 4.98 Å². The van der Waals surface area contributed by atoms with Crippen molar-refractivity contribution in [2.45, 2.75) is 13.5 Å². The smallest absolute Gasteiger partial charge is 0.335 e. The fourth-order valence-electron chi connectivity index (χ4n) is 5.23. The Kier molecular flexibility index (Phi) is 8.02. The van der Waals surface area contributed by atoms with Gasteiger partial charge in [-0.1, -0.05) is 12.1 Å². The number of hydrogen-bond donors (Lipinski definition) is 2. The molecule has 0 unspecified atom stereocenters. The van der Waals surface area contributed by atoms with Crippen LogP contribution < -0.4 is 15.8 Å². The molecule has 12 nitrogen and oxygen atoms in total. The van der Waals surface area contributed by atoms with Crippen LogP contribution in [-0.2, 0) is 6.54 Å². The number of piperazine rings is 1. The Labute approximate surface area is 257 Å². The number of aromatic carboxylic acids is 1. The standard InChI is InChI=1S/C33H29N7O5/c1-21-27-12-13-28(41)40(26-10-8-23(9-11-26)30(42)35-19-22-4-6-24(7-5-22)32(44)45)29(27)37-33(36-21)39-17-15-38(16-18-39)31(43)25-3-2-14-34-20-25/h2-14,20H,15-19H2,1H3,(H,35,42)(H,44,45). The summed E-state index contributed by atoms with van der Waals surface area (Å²) < 4.78 is 1.50. The Morgan fingerprint density at radius 2 is 1.56 bits per heavy atom. The maximum absolute atomic E-state index is 13.2. The first-order chi connectivity index (χ1) is 21.8. The van der Waals surface area contributed by atoms with E-state index in [4.69, 9.17) is 15.1 Å². The zero-order valence-electron chi connectivity index (χ0n) is 24.4. The summed E-state index contributed by atoms with van der Waals surface area (Å²) in [5, 5.41) is 12.6. The van der Waals surface area contributed by atoms with Gasteiger partial charge in [-0.15, -0.1) is 0 Å². The number of aryl methyl sites for hydroxylation is 1. The lowest BCUT2D eigenvalue weighted by molar-refractivity contribution is 0.0695. The average Bonchev–Trinajstić information content (AvgIpc) is 3.07. The number of benzene rings is 2. The van der Waals surface area contributed by atoms with Crippen molar-refractivity contribution in [2.24, 2.45) is 0 Å². The third-order valence-corrected chi connectivity index (χ3v) is 7.73. The minimum absolute atomic E-state index is 0.0706. The van der Waals surface area contributed by atoms with Crippen LogP contribution in [-0.4, -0.2) is 73.5 Å². The summed E-state index contributed by atoms with van der Waals surface area (Å²) in [6, 6.07) is 19.6. The van der Waals surface area contributed by atoms with E-state index < -0.39 is 5.97 Å². The molecular weight excluding hydrogens is 574 g/mol. The number of carboxylic acids is 1. The van der Waals surface area contributed by atoms with E-state index in [1.807, 2.05) is 11.8 Å². The third kappa shape index (κ3) is 6.11. The van der Waals surface area contributed by atoms with Crippen molar-refractivity contribution in [3.05, 3.63) is 123 Å². The van der Waals surface area contributed by atoms with Crippen molar-refractivity contribution in [3.8, 4) is 5.69 Å². The fraction of sp³-hybridized carbons (Fsp3) is 0.182. The minimum atomic E-state index is -1.01. The van der Waals surface area contributed by atoms with Gasteiger partial charge in [0.05, 0.1) is 22.5 Å². The average molecular weight is 604 g/mol. The largest absolute Gasteiger partial charge is 0.478 e. The molecule has 2 N–H and O–H groups in total. The molecule has 1 saturated heterocycles. The molecule has 5 aromatic rings. The second-order valence-corrected chi connectivity index (χ2v) is 10.6. The molecule has 12 heteroatoms. The van der Waals surface area contributed by atoms with Gasteiger partial charge in [-0.25, -0.2) is 9.78 Å². The number of carbonyl (C=O) groups excluding carboxylic acids is 2.